The first kappa shape index (κ1) is 13.7. The Morgan fingerprint density at radius 1 is 1.48 bits per heavy atom. The van der Waals surface area contributed by atoms with E-state index in [0.717, 1.165) is 6.54 Å². The highest BCUT2D eigenvalue weighted by molar-refractivity contribution is 5.90. The molecule has 0 saturated carbocycles. The Kier molecular flexibility index (Phi) is 4.17. The van der Waals surface area contributed by atoms with E-state index in [0.29, 0.717) is 31.3 Å². The molecule has 0 radical (unpaired) electrons. The van der Waals surface area contributed by atoms with Crippen LogP contribution in [0.3, 0.4) is 0 Å². The molecule has 1 fully saturated rings. The van der Waals surface area contributed by atoms with E-state index in [1.54, 1.807) is 30.9 Å². The molecule has 110 valence electrons. The first-order chi connectivity index (χ1) is 10.3. The molecule has 1 saturated heterocycles. The molecular weight excluding hydrogens is 272 g/mol. The van der Waals surface area contributed by atoms with Gasteiger partial charge in [0.15, 0.2) is 0 Å². The molecular formula is C13H16N6O2. The maximum absolute atomic E-state index is 12.0. The van der Waals surface area contributed by atoms with Crippen LogP contribution >= 0.6 is 0 Å². The van der Waals surface area contributed by atoms with Gasteiger partial charge in [-0.15, -0.1) is 0 Å². The van der Waals surface area contributed by atoms with Gasteiger partial charge >= 0.3 is 0 Å². The van der Waals surface area contributed by atoms with Crippen LogP contribution in [0, 0.1) is 0 Å². The predicted molar refractivity (Wildman–Crippen MR) is 75.0 cm³/mol. The molecule has 0 aliphatic carbocycles. The lowest BCUT2D eigenvalue weighted by Gasteiger charge is -2.23. The average molecular weight is 288 g/mol. The third kappa shape index (κ3) is 3.61. The van der Waals surface area contributed by atoms with Crippen molar-refractivity contribution in [2.24, 2.45) is 0 Å². The van der Waals surface area contributed by atoms with Crippen molar-refractivity contribution in [1.29, 1.82) is 0 Å². The number of aromatic nitrogens is 4. The summed E-state index contributed by atoms with van der Waals surface area (Å²) in [5.74, 6) is 0.381. The van der Waals surface area contributed by atoms with Crippen molar-refractivity contribution in [2.45, 2.75) is 12.5 Å². The monoisotopic (exact) mass is 288 g/mol. The lowest BCUT2D eigenvalue weighted by atomic mass is 10.2. The third-order valence-electron chi connectivity index (χ3n) is 3.05. The molecule has 3 rings (SSSR count). The molecule has 21 heavy (non-hydrogen) atoms. The van der Waals surface area contributed by atoms with Crippen molar-refractivity contribution in [3.05, 3.63) is 30.9 Å². The van der Waals surface area contributed by atoms with Crippen molar-refractivity contribution in [3.63, 3.8) is 0 Å². The van der Waals surface area contributed by atoms with Gasteiger partial charge in [-0.3, -0.25) is 4.79 Å². The van der Waals surface area contributed by atoms with Crippen LogP contribution in [0.2, 0.25) is 0 Å². The molecule has 8 heteroatoms. The predicted octanol–water partition coefficient (Wildman–Crippen LogP) is -0.0207. The van der Waals surface area contributed by atoms with Gasteiger partial charge in [0.25, 0.3) is 0 Å². The van der Waals surface area contributed by atoms with Crippen LogP contribution in [0.5, 0.6) is 0 Å². The quantitative estimate of drug-likeness (QED) is 0.821. The number of nitrogens with one attached hydrogen (secondary N) is 2. The van der Waals surface area contributed by atoms with E-state index in [1.165, 1.54) is 4.68 Å². The zero-order valence-corrected chi connectivity index (χ0v) is 11.4. The molecule has 0 aromatic carbocycles. The smallest absolute Gasteiger partial charge is 0.250 e. The number of ether oxygens (including phenoxy) is 1. The highest BCUT2D eigenvalue weighted by Crippen LogP contribution is 2.09. The summed E-state index contributed by atoms with van der Waals surface area (Å²) >= 11 is 0. The fourth-order valence-corrected chi connectivity index (χ4v) is 2.09. The number of hydrogen-bond donors (Lipinski definition) is 2. The Morgan fingerprint density at radius 2 is 2.33 bits per heavy atom. The van der Waals surface area contributed by atoms with E-state index in [1.807, 2.05) is 0 Å². The Hall–Kier alpha value is -2.32. The van der Waals surface area contributed by atoms with Crippen LogP contribution < -0.4 is 10.6 Å². The summed E-state index contributed by atoms with van der Waals surface area (Å²) in [7, 11) is 0. The molecule has 1 aliphatic heterocycles. The zero-order chi connectivity index (χ0) is 14.5. The molecule has 0 bridgehead atoms. The molecule has 1 atom stereocenters. The minimum Gasteiger partial charge on any atom is -0.378 e. The van der Waals surface area contributed by atoms with Crippen molar-refractivity contribution < 1.29 is 9.53 Å². The van der Waals surface area contributed by atoms with Gasteiger partial charge in [-0.05, 0) is 6.07 Å². The second-order valence-corrected chi connectivity index (χ2v) is 4.70. The average Bonchev–Trinajstić information content (AvgIpc) is 2.97. The molecule has 3 heterocycles. The highest BCUT2D eigenvalue weighted by Gasteiger charge is 2.17. The minimum atomic E-state index is -0.0773. The van der Waals surface area contributed by atoms with Gasteiger partial charge in [-0.1, -0.05) is 0 Å². The van der Waals surface area contributed by atoms with E-state index in [-0.39, 0.29) is 11.9 Å². The maximum atomic E-state index is 12.0. The number of anilines is 1. The number of carbonyl (C=O) groups excluding carboxylic acids is 1. The Balaban J connectivity index is 1.58. The molecule has 1 amide bonds. The largest absolute Gasteiger partial charge is 0.378 e. The summed E-state index contributed by atoms with van der Waals surface area (Å²) in [5, 5.41) is 10.2. The number of carbonyl (C=O) groups is 1. The van der Waals surface area contributed by atoms with E-state index in [4.69, 9.17) is 4.74 Å². The van der Waals surface area contributed by atoms with Crippen LogP contribution in [0.1, 0.15) is 6.42 Å². The SMILES string of the molecule is O=C(CC1COCCN1)Nc1cnn(-c2ncccn2)c1. The topological polar surface area (TPSA) is 94.0 Å². The lowest BCUT2D eigenvalue weighted by molar-refractivity contribution is -0.117. The number of hydrogen-bond acceptors (Lipinski definition) is 6. The van der Waals surface area contributed by atoms with Crippen LogP contribution in [0.25, 0.3) is 5.95 Å². The number of morpholine rings is 1. The molecule has 8 nitrogen and oxygen atoms in total. The second kappa shape index (κ2) is 6.42. The summed E-state index contributed by atoms with van der Waals surface area (Å²) in [4.78, 5) is 20.1. The molecule has 1 aliphatic rings. The van der Waals surface area contributed by atoms with Gasteiger partial charge in [0.2, 0.25) is 11.9 Å². The van der Waals surface area contributed by atoms with Gasteiger partial charge in [0.05, 0.1) is 31.3 Å². The molecule has 1 unspecified atom stereocenters. The van der Waals surface area contributed by atoms with E-state index >= 15 is 0 Å². The zero-order valence-electron chi connectivity index (χ0n) is 11.4. The third-order valence-corrected chi connectivity index (χ3v) is 3.05. The molecule has 2 aromatic rings. The van der Waals surface area contributed by atoms with Crippen LogP contribution in [0.15, 0.2) is 30.9 Å². The van der Waals surface area contributed by atoms with Crippen LogP contribution in [0.4, 0.5) is 5.69 Å². The van der Waals surface area contributed by atoms with Crippen LogP contribution in [-0.2, 0) is 9.53 Å². The van der Waals surface area contributed by atoms with E-state index < -0.39 is 0 Å². The van der Waals surface area contributed by atoms with Crippen molar-refractivity contribution in [2.75, 3.05) is 25.1 Å². The summed E-state index contributed by atoms with van der Waals surface area (Å²) < 4.78 is 6.83. The van der Waals surface area contributed by atoms with Crippen molar-refractivity contribution in [1.82, 2.24) is 25.1 Å². The van der Waals surface area contributed by atoms with Gasteiger partial charge in [-0.2, -0.15) is 5.10 Å². The maximum Gasteiger partial charge on any atom is 0.250 e. The Bertz CT molecular complexity index is 594. The fourth-order valence-electron chi connectivity index (χ4n) is 2.09. The lowest BCUT2D eigenvalue weighted by Crippen LogP contribution is -2.43. The van der Waals surface area contributed by atoms with Gasteiger partial charge in [0.1, 0.15) is 0 Å². The first-order valence-corrected chi connectivity index (χ1v) is 6.74. The summed E-state index contributed by atoms with van der Waals surface area (Å²) in [6.07, 6.45) is 6.89. The number of nitrogens with zero attached hydrogens (tertiary/aromatic N) is 4. The molecule has 2 N–H and O–H groups in total. The summed E-state index contributed by atoms with van der Waals surface area (Å²) in [5.41, 5.74) is 0.615. The standard InChI is InChI=1S/C13H16N6O2/c20-12(6-10-9-21-5-4-14-10)18-11-7-17-19(8-11)13-15-2-1-3-16-13/h1-3,7-8,10,14H,4-6,9H2,(H,18,20). The van der Waals surface area contributed by atoms with Crippen molar-refractivity contribution in [3.8, 4) is 5.95 Å². The summed E-state index contributed by atoms with van der Waals surface area (Å²) in [6.45, 7) is 2.04. The minimum absolute atomic E-state index is 0.0613. The Morgan fingerprint density at radius 3 is 3.10 bits per heavy atom. The van der Waals surface area contributed by atoms with Gasteiger partial charge in [-0.25, -0.2) is 14.6 Å². The van der Waals surface area contributed by atoms with E-state index in [2.05, 4.69) is 25.7 Å². The van der Waals surface area contributed by atoms with Gasteiger partial charge in [0, 0.05) is 31.4 Å². The molecule has 2 aromatic heterocycles. The first-order valence-electron chi connectivity index (χ1n) is 6.74. The summed E-state index contributed by atoms with van der Waals surface area (Å²) in [6, 6.07) is 1.79. The Labute approximate surface area is 121 Å². The van der Waals surface area contributed by atoms with Gasteiger partial charge < -0.3 is 15.4 Å². The molecule has 0 spiro atoms. The van der Waals surface area contributed by atoms with Crippen LogP contribution in [-0.4, -0.2) is 51.5 Å². The highest BCUT2D eigenvalue weighted by atomic mass is 16.5. The fraction of sp³-hybridized carbons (Fsp3) is 0.385. The number of amides is 1. The normalized spacial score (nSPS) is 18.4. The second-order valence-electron chi connectivity index (χ2n) is 4.70. The van der Waals surface area contributed by atoms with E-state index in [9.17, 15) is 4.79 Å². The van der Waals surface area contributed by atoms with Crippen molar-refractivity contribution >= 4 is 11.6 Å². The number of rotatable bonds is 4.